The first-order chi connectivity index (χ1) is 19.1. The van der Waals surface area contributed by atoms with Crippen LogP contribution >= 0.6 is 23.2 Å². The van der Waals surface area contributed by atoms with Crippen LogP contribution in [0.15, 0.2) is 77.1 Å². The van der Waals surface area contributed by atoms with Crippen molar-refractivity contribution in [3.63, 3.8) is 0 Å². The summed E-state index contributed by atoms with van der Waals surface area (Å²) < 4.78 is 24.9. The number of hydrazine groups is 2. The molecule has 0 bridgehead atoms. The van der Waals surface area contributed by atoms with Gasteiger partial charge in [-0.25, -0.2) is 18.5 Å². The van der Waals surface area contributed by atoms with Crippen LogP contribution in [-0.2, 0) is 21.2 Å². The van der Waals surface area contributed by atoms with Gasteiger partial charge in [0.05, 0.1) is 29.2 Å². The zero-order chi connectivity index (χ0) is 28.4. The van der Waals surface area contributed by atoms with Gasteiger partial charge in [0.1, 0.15) is 11.2 Å². The van der Waals surface area contributed by atoms with Crippen molar-refractivity contribution < 1.29 is 13.2 Å². The summed E-state index contributed by atoms with van der Waals surface area (Å²) in [6.07, 6.45) is 3.73. The lowest BCUT2D eigenvalue weighted by Gasteiger charge is -2.33. The predicted octanol–water partition coefficient (Wildman–Crippen LogP) is 2.49. The summed E-state index contributed by atoms with van der Waals surface area (Å²) in [6, 6.07) is 15.0. The minimum absolute atomic E-state index is 0.226. The number of aromatic nitrogens is 2. The summed E-state index contributed by atoms with van der Waals surface area (Å²) in [4.78, 5) is 33.4. The minimum atomic E-state index is -3.69. The first-order valence-corrected chi connectivity index (χ1v) is 14.9. The van der Waals surface area contributed by atoms with Gasteiger partial charge in [-0.15, -0.1) is 5.53 Å². The first-order valence-electron chi connectivity index (χ1n) is 12.5. The molecular formula is C26H27Cl2N7O4S. The molecule has 2 aliphatic rings. The van der Waals surface area contributed by atoms with Crippen molar-refractivity contribution in [3.8, 4) is 11.3 Å². The molecule has 1 aromatic heterocycles. The van der Waals surface area contributed by atoms with Crippen LogP contribution < -0.4 is 26.7 Å². The van der Waals surface area contributed by atoms with Crippen LogP contribution in [-0.4, -0.2) is 47.1 Å². The van der Waals surface area contributed by atoms with Gasteiger partial charge in [-0.2, -0.15) is 0 Å². The van der Waals surface area contributed by atoms with Crippen molar-refractivity contribution in [3.05, 3.63) is 93.2 Å². The molecule has 2 aliphatic heterocycles. The number of rotatable bonds is 7. The number of carbonyl (C=O) groups is 1. The number of hydrogen-bond acceptors (Lipinski definition) is 8. The number of anilines is 1. The normalized spacial score (nSPS) is 16.9. The van der Waals surface area contributed by atoms with Gasteiger partial charge >= 0.3 is 0 Å². The van der Waals surface area contributed by atoms with E-state index in [2.05, 4.69) is 15.9 Å². The summed E-state index contributed by atoms with van der Waals surface area (Å²) in [5.41, 5.74) is 7.69. The van der Waals surface area contributed by atoms with Gasteiger partial charge < -0.3 is 4.90 Å². The molecule has 0 unspecified atom stereocenters. The highest BCUT2D eigenvalue weighted by molar-refractivity contribution is 7.89. The molecule has 11 nitrogen and oxygen atoms in total. The molecule has 1 fully saturated rings. The van der Waals surface area contributed by atoms with Crippen LogP contribution in [0.25, 0.3) is 11.3 Å². The molecule has 1 saturated heterocycles. The van der Waals surface area contributed by atoms with Gasteiger partial charge in [0.25, 0.3) is 5.56 Å². The number of nitrogens with zero attached hydrogens (tertiary/aromatic N) is 4. The highest BCUT2D eigenvalue weighted by atomic mass is 35.5. The van der Waals surface area contributed by atoms with E-state index in [4.69, 9.17) is 28.3 Å². The summed E-state index contributed by atoms with van der Waals surface area (Å²) in [5.74, 6) is -0.288. The summed E-state index contributed by atoms with van der Waals surface area (Å²) in [7, 11) is -3.69. The predicted molar refractivity (Wildman–Crippen MR) is 154 cm³/mol. The molecule has 1 atom stereocenters. The fraction of sp³-hybridized carbons (Fsp3) is 0.269. The Morgan fingerprint density at radius 3 is 2.45 bits per heavy atom. The number of benzene rings is 2. The Labute approximate surface area is 241 Å². The SMILES string of the molecule is NS(=O)(=O)C1CCN(C(=O)[C@H](Cc2ccccc2)n2cnc(-c3cc(Cl)ccc3N3C=C(Cl)NN3)cc2=O)CC1. The van der Waals surface area contributed by atoms with Crippen molar-refractivity contribution in [1.82, 2.24) is 25.4 Å². The molecular weight excluding hydrogens is 577 g/mol. The zero-order valence-electron chi connectivity index (χ0n) is 21.2. The molecule has 2 aromatic carbocycles. The van der Waals surface area contributed by atoms with Gasteiger partial charge in [-0.05, 0) is 36.6 Å². The molecule has 14 heteroatoms. The average Bonchev–Trinajstić information content (AvgIpc) is 3.37. The van der Waals surface area contributed by atoms with E-state index >= 15 is 0 Å². The van der Waals surface area contributed by atoms with E-state index in [1.807, 2.05) is 30.3 Å². The van der Waals surface area contributed by atoms with E-state index in [0.29, 0.717) is 27.1 Å². The number of amides is 1. The van der Waals surface area contributed by atoms with E-state index in [0.717, 1.165) is 5.56 Å². The fourth-order valence-corrected chi connectivity index (χ4v) is 6.07. The second-order valence-electron chi connectivity index (χ2n) is 9.58. The molecule has 40 heavy (non-hydrogen) atoms. The van der Waals surface area contributed by atoms with Crippen LogP contribution in [0.1, 0.15) is 24.4 Å². The monoisotopic (exact) mass is 603 g/mol. The maximum Gasteiger partial charge on any atom is 0.254 e. The Bertz CT molecular complexity index is 1610. The largest absolute Gasteiger partial charge is 0.341 e. The Hall–Kier alpha value is -3.42. The number of nitrogens with two attached hydrogens (primary N) is 1. The van der Waals surface area contributed by atoms with Crippen LogP contribution in [0.5, 0.6) is 0 Å². The van der Waals surface area contributed by atoms with Gasteiger partial charge in [-0.3, -0.25) is 24.6 Å². The van der Waals surface area contributed by atoms with Crippen molar-refractivity contribution in [2.45, 2.75) is 30.6 Å². The Balaban J connectivity index is 1.48. The fourth-order valence-electron chi connectivity index (χ4n) is 4.89. The van der Waals surface area contributed by atoms with Crippen LogP contribution in [0.3, 0.4) is 0 Å². The molecule has 0 spiro atoms. The van der Waals surface area contributed by atoms with Crippen LogP contribution in [0.4, 0.5) is 5.69 Å². The smallest absolute Gasteiger partial charge is 0.254 e. The lowest BCUT2D eigenvalue weighted by Crippen LogP contribution is -2.48. The summed E-state index contributed by atoms with van der Waals surface area (Å²) in [6.45, 7) is 0.453. The molecule has 4 N–H and O–H groups in total. The van der Waals surface area contributed by atoms with Gasteiger partial charge in [0.2, 0.25) is 15.9 Å². The molecule has 3 heterocycles. The average molecular weight is 605 g/mol. The van der Waals surface area contributed by atoms with Crippen molar-refractivity contribution in [2.24, 2.45) is 5.14 Å². The van der Waals surface area contributed by atoms with Crippen molar-refractivity contribution in [2.75, 3.05) is 18.1 Å². The highest BCUT2D eigenvalue weighted by Crippen LogP contribution is 2.32. The number of piperidine rings is 1. The number of nitrogens with one attached hydrogen (secondary N) is 2. The lowest BCUT2D eigenvalue weighted by atomic mass is 10.0. The number of carbonyl (C=O) groups excluding carboxylic acids is 1. The third-order valence-electron chi connectivity index (χ3n) is 6.98. The Morgan fingerprint density at radius 1 is 1.10 bits per heavy atom. The maximum atomic E-state index is 13.8. The molecule has 210 valence electrons. The minimum Gasteiger partial charge on any atom is -0.341 e. The number of halogens is 2. The lowest BCUT2D eigenvalue weighted by molar-refractivity contribution is -0.135. The summed E-state index contributed by atoms with van der Waals surface area (Å²) >= 11 is 12.3. The zero-order valence-corrected chi connectivity index (χ0v) is 23.5. The Morgan fingerprint density at radius 2 is 1.82 bits per heavy atom. The maximum absolute atomic E-state index is 13.8. The molecule has 0 radical (unpaired) electrons. The molecule has 0 aliphatic carbocycles. The third-order valence-corrected chi connectivity index (χ3v) is 8.81. The summed E-state index contributed by atoms with van der Waals surface area (Å²) in [5, 5.41) is 7.09. The highest BCUT2D eigenvalue weighted by Gasteiger charge is 2.33. The quantitative estimate of drug-likeness (QED) is 0.350. The van der Waals surface area contributed by atoms with E-state index in [1.54, 1.807) is 34.3 Å². The molecule has 1 amide bonds. The number of hydrogen-bond donors (Lipinski definition) is 3. The van der Waals surface area contributed by atoms with Crippen LogP contribution in [0.2, 0.25) is 5.02 Å². The Kier molecular flexibility index (Phi) is 8.15. The van der Waals surface area contributed by atoms with Crippen LogP contribution in [0, 0.1) is 0 Å². The van der Waals surface area contributed by atoms with E-state index in [-0.39, 0.29) is 38.3 Å². The first kappa shape index (κ1) is 28.1. The van der Waals surface area contributed by atoms with E-state index < -0.39 is 26.9 Å². The van der Waals surface area contributed by atoms with E-state index in [1.165, 1.54) is 17.0 Å². The molecule has 0 saturated carbocycles. The van der Waals surface area contributed by atoms with Gasteiger partial charge in [0, 0.05) is 36.2 Å². The van der Waals surface area contributed by atoms with Gasteiger partial charge in [-0.1, -0.05) is 53.5 Å². The van der Waals surface area contributed by atoms with Crippen molar-refractivity contribution in [1.29, 1.82) is 0 Å². The number of sulfonamides is 1. The second-order valence-corrected chi connectivity index (χ2v) is 12.3. The van der Waals surface area contributed by atoms with E-state index in [9.17, 15) is 18.0 Å². The second kappa shape index (κ2) is 11.6. The third kappa shape index (κ3) is 6.16. The van der Waals surface area contributed by atoms with Gasteiger partial charge in [0.15, 0.2) is 0 Å². The number of primary sulfonamides is 1. The molecule has 3 aromatic rings. The van der Waals surface area contributed by atoms with Crippen molar-refractivity contribution >= 4 is 44.8 Å². The molecule has 5 rings (SSSR count). The topological polar surface area (TPSA) is 143 Å². The number of likely N-dealkylation sites (tertiary alicyclic amines) is 1. The standard InChI is InChI=1S/C26H27Cl2N7O4S/c27-18-6-7-22(35-15-24(28)31-32-35)20(13-18)21-14-25(36)34(16-30-21)23(12-17-4-2-1-3-5-17)26(37)33-10-8-19(9-11-33)40(29,38)39/h1-7,13-16,19,23,31-32H,8-12H2,(H2,29,38,39)/t23-/m0/s1.